The molecule has 0 spiro atoms. The second kappa shape index (κ2) is 5.50. The van der Waals surface area contributed by atoms with Gasteiger partial charge in [-0.1, -0.05) is 23.4 Å². The molecule has 0 unspecified atom stereocenters. The molecule has 1 aromatic rings. The number of rotatable bonds is 1. The molecule has 0 aromatic heterocycles. The molecule has 0 atom stereocenters. The van der Waals surface area contributed by atoms with Crippen molar-refractivity contribution in [3.05, 3.63) is 28.8 Å². The van der Waals surface area contributed by atoms with E-state index >= 15 is 0 Å². The smallest absolute Gasteiger partial charge is 0.872 e. The summed E-state index contributed by atoms with van der Waals surface area (Å²) in [6.07, 6.45) is 0. The van der Waals surface area contributed by atoms with E-state index in [2.05, 4.69) is 4.74 Å². The van der Waals surface area contributed by atoms with Crippen LogP contribution in [0.2, 0.25) is 5.02 Å². The van der Waals surface area contributed by atoms with Crippen LogP contribution in [0.3, 0.4) is 0 Å². The first-order valence-electron chi connectivity index (χ1n) is 3.20. The van der Waals surface area contributed by atoms with E-state index in [0.29, 0.717) is 5.02 Å². The molecule has 3 nitrogen and oxygen atoms in total. The number of halogens is 1. The van der Waals surface area contributed by atoms with E-state index in [0.717, 1.165) is 0 Å². The number of carbonyl (C=O) groups is 1. The SMILES string of the molecule is COC(=O)c1cc(Cl)ccc1[O-].[Na+]. The second-order valence-electron chi connectivity index (χ2n) is 2.13. The molecule has 0 N–H and O–H groups in total. The average Bonchev–Trinajstić information content (AvgIpc) is 2.08. The van der Waals surface area contributed by atoms with Crippen molar-refractivity contribution >= 4 is 17.6 Å². The van der Waals surface area contributed by atoms with E-state index in [-0.39, 0.29) is 40.9 Å². The Morgan fingerprint density at radius 2 is 2.15 bits per heavy atom. The third kappa shape index (κ3) is 3.19. The Bertz CT molecular complexity index is 314. The van der Waals surface area contributed by atoms with Crippen molar-refractivity contribution < 1.29 is 44.2 Å². The van der Waals surface area contributed by atoms with Crippen molar-refractivity contribution in [3.63, 3.8) is 0 Å². The van der Waals surface area contributed by atoms with Crippen LogP contribution >= 0.6 is 11.6 Å². The van der Waals surface area contributed by atoms with Gasteiger partial charge < -0.3 is 9.84 Å². The van der Waals surface area contributed by atoms with E-state index in [1.165, 1.54) is 25.3 Å². The van der Waals surface area contributed by atoms with Gasteiger partial charge in [-0.3, -0.25) is 0 Å². The Hall–Kier alpha value is -0.220. The summed E-state index contributed by atoms with van der Waals surface area (Å²) in [5.41, 5.74) is -0.0370. The van der Waals surface area contributed by atoms with Crippen molar-refractivity contribution in [1.29, 1.82) is 0 Å². The summed E-state index contributed by atoms with van der Waals surface area (Å²) in [6.45, 7) is 0. The third-order valence-corrected chi connectivity index (χ3v) is 1.58. The molecule has 1 aromatic carbocycles. The minimum absolute atomic E-state index is 0. The van der Waals surface area contributed by atoms with Crippen molar-refractivity contribution in [2.45, 2.75) is 0 Å². The van der Waals surface area contributed by atoms with Crippen LogP contribution in [0.25, 0.3) is 0 Å². The zero-order valence-corrected chi connectivity index (χ0v) is 10.1. The van der Waals surface area contributed by atoms with Gasteiger partial charge in [-0.15, -0.1) is 0 Å². The summed E-state index contributed by atoms with van der Waals surface area (Å²) in [7, 11) is 1.21. The third-order valence-electron chi connectivity index (χ3n) is 1.35. The zero-order chi connectivity index (χ0) is 9.14. The summed E-state index contributed by atoms with van der Waals surface area (Å²) in [4.78, 5) is 10.9. The normalized spacial score (nSPS) is 8.77. The molecule has 0 heterocycles. The molecule has 0 aliphatic rings. The summed E-state index contributed by atoms with van der Waals surface area (Å²) in [5, 5.41) is 11.4. The first-order chi connectivity index (χ1) is 5.65. The monoisotopic (exact) mass is 208 g/mol. The topological polar surface area (TPSA) is 49.4 Å². The van der Waals surface area contributed by atoms with E-state index in [1.807, 2.05) is 0 Å². The fourth-order valence-corrected chi connectivity index (χ4v) is 0.944. The molecule has 0 radical (unpaired) electrons. The number of hydrogen-bond acceptors (Lipinski definition) is 3. The van der Waals surface area contributed by atoms with Crippen LogP contribution in [0.5, 0.6) is 5.75 Å². The molecule has 0 saturated carbocycles. The van der Waals surface area contributed by atoms with Crippen molar-refractivity contribution in [2.24, 2.45) is 0 Å². The first kappa shape index (κ1) is 12.8. The summed E-state index contributed by atoms with van der Waals surface area (Å²) in [6, 6.07) is 3.95. The van der Waals surface area contributed by atoms with E-state index in [9.17, 15) is 9.90 Å². The van der Waals surface area contributed by atoms with Gasteiger partial charge in [-0.2, -0.15) is 0 Å². The van der Waals surface area contributed by atoms with Gasteiger partial charge in [0, 0.05) is 5.02 Å². The molecule has 5 heteroatoms. The Morgan fingerprint density at radius 1 is 1.54 bits per heavy atom. The second-order valence-corrected chi connectivity index (χ2v) is 2.57. The average molecular weight is 209 g/mol. The van der Waals surface area contributed by atoms with Gasteiger partial charge in [0.15, 0.2) is 0 Å². The van der Waals surface area contributed by atoms with Crippen LogP contribution in [-0.4, -0.2) is 13.1 Å². The minimum atomic E-state index is -0.664. The zero-order valence-electron chi connectivity index (χ0n) is 7.33. The molecule has 0 fully saturated rings. The van der Waals surface area contributed by atoms with Crippen LogP contribution in [0.1, 0.15) is 10.4 Å². The number of benzene rings is 1. The molecule has 0 amide bonds. The van der Waals surface area contributed by atoms with Gasteiger partial charge in [-0.05, 0) is 12.1 Å². The molecule has 0 aliphatic heterocycles. The molecule has 13 heavy (non-hydrogen) atoms. The maximum absolute atomic E-state index is 11.0. The Morgan fingerprint density at radius 3 is 2.69 bits per heavy atom. The number of esters is 1. The van der Waals surface area contributed by atoms with Gasteiger partial charge in [0.2, 0.25) is 0 Å². The maximum atomic E-state index is 11.0. The summed E-state index contributed by atoms with van der Waals surface area (Å²) >= 11 is 5.57. The van der Waals surface area contributed by atoms with Gasteiger partial charge >= 0.3 is 35.5 Å². The molecule has 0 aliphatic carbocycles. The van der Waals surface area contributed by atoms with Gasteiger partial charge in [-0.25, -0.2) is 4.79 Å². The standard InChI is InChI=1S/C8H7ClO3.Na/c1-12-8(11)6-4-5(9)2-3-7(6)10;/h2-4,10H,1H3;/q;+1/p-1. The maximum Gasteiger partial charge on any atom is 1.00 e. The number of hydrogen-bond donors (Lipinski definition) is 0. The van der Waals surface area contributed by atoms with Gasteiger partial charge in [0.25, 0.3) is 0 Å². The first-order valence-corrected chi connectivity index (χ1v) is 3.58. The van der Waals surface area contributed by atoms with Gasteiger partial charge in [0.05, 0.1) is 12.7 Å². The molecule has 0 bridgehead atoms. The Kier molecular flexibility index (Phi) is 5.40. The molecule has 64 valence electrons. The number of ether oxygens (including phenoxy) is 1. The Labute approximate surface area is 103 Å². The van der Waals surface area contributed by atoms with E-state index in [4.69, 9.17) is 11.6 Å². The minimum Gasteiger partial charge on any atom is -0.872 e. The van der Waals surface area contributed by atoms with Gasteiger partial charge in [0.1, 0.15) is 0 Å². The Balaban J connectivity index is 0.00000144. The summed E-state index contributed by atoms with van der Waals surface area (Å²) < 4.78 is 4.37. The fourth-order valence-electron chi connectivity index (χ4n) is 0.772. The van der Waals surface area contributed by atoms with Crippen molar-refractivity contribution in [2.75, 3.05) is 7.11 Å². The fraction of sp³-hybridized carbons (Fsp3) is 0.125. The number of methoxy groups -OCH3 is 1. The molecular formula is C8H6ClNaO3. The predicted molar refractivity (Wildman–Crippen MR) is 42.2 cm³/mol. The van der Waals surface area contributed by atoms with Crippen molar-refractivity contribution in [3.8, 4) is 5.75 Å². The largest absolute Gasteiger partial charge is 1.00 e. The van der Waals surface area contributed by atoms with Crippen LogP contribution in [0.4, 0.5) is 0 Å². The van der Waals surface area contributed by atoms with Crippen LogP contribution in [-0.2, 0) is 4.74 Å². The van der Waals surface area contributed by atoms with Crippen molar-refractivity contribution in [1.82, 2.24) is 0 Å². The quantitative estimate of drug-likeness (QED) is 0.404. The predicted octanol–water partition coefficient (Wildman–Crippen LogP) is -1.80. The van der Waals surface area contributed by atoms with E-state index < -0.39 is 5.97 Å². The summed E-state index contributed by atoms with van der Waals surface area (Å²) in [5.74, 6) is -1.05. The van der Waals surface area contributed by atoms with Crippen LogP contribution < -0.4 is 34.7 Å². The van der Waals surface area contributed by atoms with E-state index in [1.54, 1.807) is 0 Å². The van der Waals surface area contributed by atoms with Crippen LogP contribution in [0.15, 0.2) is 18.2 Å². The van der Waals surface area contributed by atoms with Crippen LogP contribution in [0, 0.1) is 0 Å². The molecule has 0 saturated heterocycles. The molecule has 1 rings (SSSR count). The number of carbonyl (C=O) groups excluding carboxylic acids is 1. The molecular weight excluding hydrogens is 203 g/mol.